The zero-order valence-electron chi connectivity index (χ0n) is 7.79. The maximum absolute atomic E-state index is 9.54. The van der Waals surface area contributed by atoms with Gasteiger partial charge in [0.2, 0.25) is 0 Å². The predicted molar refractivity (Wildman–Crippen MR) is 45.3 cm³/mol. The van der Waals surface area contributed by atoms with Crippen LogP contribution in [0.25, 0.3) is 0 Å². The zero-order valence-corrected chi connectivity index (χ0v) is 7.79. The Morgan fingerprint density at radius 1 is 1.33 bits per heavy atom. The number of aliphatic carboxylic acids is 1. The van der Waals surface area contributed by atoms with Gasteiger partial charge in [-0.25, -0.2) is 0 Å². The molecule has 0 saturated carbocycles. The summed E-state index contributed by atoms with van der Waals surface area (Å²) < 4.78 is 9.31. The summed E-state index contributed by atoms with van der Waals surface area (Å²) in [6, 6.07) is 0. The van der Waals surface area contributed by atoms with Gasteiger partial charge in [0.25, 0.3) is 0 Å². The molecule has 0 aliphatic carbocycles. The first-order chi connectivity index (χ1) is 5.68. The van der Waals surface area contributed by atoms with Gasteiger partial charge in [-0.15, -0.1) is 0 Å². The molecule has 0 atom stereocenters. The molecular formula is C7H17NO4. The minimum atomic E-state index is -0.822. The molecular weight excluding hydrogens is 162 g/mol. The number of likely N-dealkylation sites (N-methyl/N-ethyl adjacent to an activating group) is 1. The molecule has 0 bridgehead atoms. The minimum absolute atomic E-state index is 0.0417. The van der Waals surface area contributed by atoms with Crippen LogP contribution in [0, 0.1) is 0 Å². The number of nitrogens with one attached hydrogen (secondary N) is 1. The Kier molecular flexibility index (Phi) is 15.0. The molecule has 5 nitrogen and oxygen atoms in total. The van der Waals surface area contributed by atoms with Gasteiger partial charge < -0.3 is 19.9 Å². The van der Waals surface area contributed by atoms with E-state index in [-0.39, 0.29) is 6.54 Å². The van der Waals surface area contributed by atoms with Crippen LogP contribution in [0.2, 0.25) is 0 Å². The van der Waals surface area contributed by atoms with E-state index in [0.29, 0.717) is 13.2 Å². The summed E-state index contributed by atoms with van der Waals surface area (Å²) in [7, 11) is 4.90. The summed E-state index contributed by atoms with van der Waals surface area (Å²) in [6.45, 7) is 1.42. The fraction of sp³-hybridized carbons (Fsp3) is 0.857. The summed E-state index contributed by atoms with van der Waals surface area (Å²) in [5.74, 6) is -0.822. The average Bonchev–Trinajstić information content (AvgIpc) is 2.02. The van der Waals surface area contributed by atoms with E-state index in [1.807, 2.05) is 0 Å². The molecule has 0 heterocycles. The highest BCUT2D eigenvalue weighted by Crippen LogP contribution is 1.65. The molecule has 0 amide bonds. The second-order valence-electron chi connectivity index (χ2n) is 1.91. The van der Waals surface area contributed by atoms with Crippen LogP contribution in [0.5, 0.6) is 0 Å². The normalized spacial score (nSPS) is 8.58. The van der Waals surface area contributed by atoms with Gasteiger partial charge in [0.15, 0.2) is 0 Å². The van der Waals surface area contributed by atoms with E-state index in [2.05, 4.69) is 14.8 Å². The first kappa shape index (κ1) is 13.9. The van der Waals surface area contributed by atoms with Crippen molar-refractivity contribution in [3.8, 4) is 0 Å². The van der Waals surface area contributed by atoms with Crippen molar-refractivity contribution >= 4 is 5.97 Å². The van der Waals surface area contributed by atoms with E-state index >= 15 is 0 Å². The van der Waals surface area contributed by atoms with Crippen molar-refractivity contribution in [2.24, 2.45) is 0 Å². The van der Waals surface area contributed by atoms with Crippen LogP contribution in [0.3, 0.4) is 0 Å². The van der Waals surface area contributed by atoms with Gasteiger partial charge in [-0.3, -0.25) is 4.79 Å². The lowest BCUT2D eigenvalue weighted by Gasteiger charge is -1.91. The molecule has 0 rings (SSSR count). The zero-order chi connectivity index (χ0) is 9.82. The topological polar surface area (TPSA) is 67.8 Å². The van der Waals surface area contributed by atoms with Gasteiger partial charge in [-0.05, 0) is 7.05 Å². The Bertz CT molecular complexity index is 93.4. The van der Waals surface area contributed by atoms with Gasteiger partial charge in [0.05, 0.1) is 19.8 Å². The highest BCUT2D eigenvalue weighted by molar-refractivity contribution is 5.68. The lowest BCUT2D eigenvalue weighted by molar-refractivity contribution is -0.135. The summed E-state index contributed by atoms with van der Waals surface area (Å²) >= 11 is 0. The first-order valence-corrected chi connectivity index (χ1v) is 3.53. The van der Waals surface area contributed by atoms with Crippen LogP contribution in [-0.4, -0.2) is 52.1 Å². The third-order valence-electron chi connectivity index (χ3n) is 0.820. The fourth-order valence-corrected chi connectivity index (χ4v) is 0.318. The fourth-order valence-electron chi connectivity index (χ4n) is 0.318. The Labute approximate surface area is 72.7 Å². The molecule has 0 aromatic carbocycles. The monoisotopic (exact) mass is 179 g/mol. The molecule has 5 heteroatoms. The standard InChI is InChI=1S/C4H10O2.C3H7NO2/c1-5-3-4-6-2;1-4-2-3(5)6/h3-4H2,1-2H3;4H,2H2,1H3,(H,5,6). The number of hydrogen-bond donors (Lipinski definition) is 2. The van der Waals surface area contributed by atoms with E-state index in [4.69, 9.17) is 5.11 Å². The Morgan fingerprint density at radius 2 is 1.75 bits per heavy atom. The molecule has 0 aliphatic rings. The molecule has 0 saturated heterocycles. The van der Waals surface area contributed by atoms with Crippen LogP contribution in [0.1, 0.15) is 0 Å². The van der Waals surface area contributed by atoms with Crippen molar-refractivity contribution < 1.29 is 19.4 Å². The minimum Gasteiger partial charge on any atom is -0.480 e. The van der Waals surface area contributed by atoms with Crippen LogP contribution in [0.4, 0.5) is 0 Å². The number of rotatable bonds is 5. The Balaban J connectivity index is 0. The van der Waals surface area contributed by atoms with Gasteiger partial charge in [0.1, 0.15) is 0 Å². The summed E-state index contributed by atoms with van der Waals surface area (Å²) in [6.07, 6.45) is 0. The van der Waals surface area contributed by atoms with Crippen LogP contribution in [0.15, 0.2) is 0 Å². The number of ether oxygens (including phenoxy) is 2. The van der Waals surface area contributed by atoms with E-state index in [1.165, 1.54) is 0 Å². The third-order valence-corrected chi connectivity index (χ3v) is 0.820. The lowest BCUT2D eigenvalue weighted by Crippen LogP contribution is -2.16. The van der Waals surface area contributed by atoms with Crippen LogP contribution in [-0.2, 0) is 14.3 Å². The largest absolute Gasteiger partial charge is 0.480 e. The molecule has 0 aromatic heterocycles. The van der Waals surface area contributed by atoms with Gasteiger partial charge >= 0.3 is 5.97 Å². The van der Waals surface area contributed by atoms with Crippen molar-refractivity contribution in [3.05, 3.63) is 0 Å². The molecule has 0 unspecified atom stereocenters. The number of hydrogen-bond acceptors (Lipinski definition) is 4. The summed E-state index contributed by atoms with van der Waals surface area (Å²) in [4.78, 5) is 9.54. The Hall–Kier alpha value is -0.650. The van der Waals surface area contributed by atoms with Gasteiger partial charge in [0, 0.05) is 14.2 Å². The van der Waals surface area contributed by atoms with E-state index in [1.54, 1.807) is 21.3 Å². The van der Waals surface area contributed by atoms with Crippen molar-refractivity contribution in [2.45, 2.75) is 0 Å². The molecule has 0 aliphatic heterocycles. The second-order valence-corrected chi connectivity index (χ2v) is 1.91. The lowest BCUT2D eigenvalue weighted by atomic mass is 10.7. The van der Waals surface area contributed by atoms with Crippen molar-refractivity contribution in [2.75, 3.05) is 41.0 Å². The van der Waals surface area contributed by atoms with E-state index < -0.39 is 5.97 Å². The van der Waals surface area contributed by atoms with E-state index in [9.17, 15) is 4.79 Å². The van der Waals surface area contributed by atoms with E-state index in [0.717, 1.165) is 0 Å². The van der Waals surface area contributed by atoms with Crippen LogP contribution < -0.4 is 5.32 Å². The SMILES string of the molecule is CNCC(=O)O.COCCOC. The molecule has 0 fully saturated rings. The number of carbonyl (C=O) groups is 1. The molecule has 0 aromatic rings. The summed E-state index contributed by atoms with van der Waals surface area (Å²) in [5, 5.41) is 10.3. The van der Waals surface area contributed by atoms with Crippen molar-refractivity contribution in [1.82, 2.24) is 5.32 Å². The summed E-state index contributed by atoms with van der Waals surface area (Å²) in [5.41, 5.74) is 0. The highest BCUT2D eigenvalue weighted by Gasteiger charge is 1.86. The number of carboxylic acids is 1. The molecule has 0 spiro atoms. The quantitative estimate of drug-likeness (QED) is 0.560. The maximum atomic E-state index is 9.54. The van der Waals surface area contributed by atoms with Gasteiger partial charge in [-0.2, -0.15) is 0 Å². The molecule has 2 N–H and O–H groups in total. The van der Waals surface area contributed by atoms with Gasteiger partial charge in [-0.1, -0.05) is 0 Å². The molecule has 12 heavy (non-hydrogen) atoms. The number of carboxylic acid groups (broad SMARTS) is 1. The average molecular weight is 179 g/mol. The maximum Gasteiger partial charge on any atom is 0.317 e. The van der Waals surface area contributed by atoms with Crippen LogP contribution >= 0.6 is 0 Å². The Morgan fingerprint density at radius 3 is 1.83 bits per heavy atom. The first-order valence-electron chi connectivity index (χ1n) is 3.53. The molecule has 74 valence electrons. The number of methoxy groups -OCH3 is 2. The molecule has 0 radical (unpaired) electrons. The van der Waals surface area contributed by atoms with Crippen molar-refractivity contribution in [1.29, 1.82) is 0 Å². The predicted octanol–water partition coefficient (Wildman–Crippen LogP) is -0.430. The smallest absolute Gasteiger partial charge is 0.317 e. The highest BCUT2D eigenvalue weighted by atomic mass is 16.5. The van der Waals surface area contributed by atoms with Crippen molar-refractivity contribution in [3.63, 3.8) is 0 Å². The second kappa shape index (κ2) is 13.0. The third kappa shape index (κ3) is 22.8.